The molecule has 0 aliphatic carbocycles. The molecule has 0 saturated carbocycles. The third-order valence-electron chi connectivity index (χ3n) is 2.72. The van der Waals surface area contributed by atoms with E-state index in [0.29, 0.717) is 19.6 Å². The Bertz CT molecular complexity index is 218. The summed E-state index contributed by atoms with van der Waals surface area (Å²) in [6.45, 7) is 6.41. The summed E-state index contributed by atoms with van der Waals surface area (Å²) in [5, 5.41) is 3.25. The molecule has 0 radical (unpaired) electrons. The first-order chi connectivity index (χ1) is 8.24. The average molecular weight is 244 g/mol. The summed E-state index contributed by atoms with van der Waals surface area (Å²) in [5.41, 5.74) is 0. The van der Waals surface area contributed by atoms with E-state index in [-0.39, 0.29) is 12.0 Å². The van der Waals surface area contributed by atoms with Crippen LogP contribution >= 0.6 is 0 Å². The second-order valence-corrected chi connectivity index (χ2v) is 4.33. The van der Waals surface area contributed by atoms with E-state index in [2.05, 4.69) is 12.2 Å². The lowest BCUT2D eigenvalue weighted by Crippen LogP contribution is -2.45. The van der Waals surface area contributed by atoms with E-state index in [4.69, 9.17) is 9.47 Å². The van der Waals surface area contributed by atoms with Crippen LogP contribution < -0.4 is 5.32 Å². The molecule has 0 bridgehead atoms. The number of carbonyl (C=O) groups is 1. The zero-order valence-corrected chi connectivity index (χ0v) is 10.9. The number of morpholine rings is 1. The van der Waals surface area contributed by atoms with Gasteiger partial charge >= 0.3 is 0 Å². The predicted octanol–water partition coefficient (Wildman–Crippen LogP) is 0.250. The SMILES string of the molecule is CCCOCCC(=O)N(C)CC1CNCCO1. The smallest absolute Gasteiger partial charge is 0.224 e. The fourth-order valence-electron chi connectivity index (χ4n) is 1.74. The first-order valence-corrected chi connectivity index (χ1v) is 6.38. The van der Waals surface area contributed by atoms with Crippen molar-refractivity contribution in [1.82, 2.24) is 10.2 Å². The highest BCUT2D eigenvalue weighted by Gasteiger charge is 2.18. The highest BCUT2D eigenvalue weighted by molar-refractivity contribution is 5.75. The number of carbonyl (C=O) groups excluding carboxylic acids is 1. The molecule has 1 unspecified atom stereocenters. The minimum Gasteiger partial charge on any atom is -0.381 e. The molecule has 1 fully saturated rings. The molecule has 0 aromatic heterocycles. The van der Waals surface area contributed by atoms with Gasteiger partial charge in [0.25, 0.3) is 0 Å². The predicted molar refractivity (Wildman–Crippen MR) is 66.0 cm³/mol. The quantitative estimate of drug-likeness (QED) is 0.652. The lowest BCUT2D eigenvalue weighted by Gasteiger charge is -2.28. The van der Waals surface area contributed by atoms with Crippen molar-refractivity contribution in [3.8, 4) is 0 Å². The summed E-state index contributed by atoms with van der Waals surface area (Å²) in [5.74, 6) is 0.121. The standard InChI is InChI=1S/C12H24N2O3/c1-3-6-16-7-4-12(15)14(2)10-11-9-13-5-8-17-11/h11,13H,3-10H2,1-2H3. The number of hydrogen-bond acceptors (Lipinski definition) is 4. The zero-order valence-electron chi connectivity index (χ0n) is 10.9. The molecule has 1 N–H and O–H groups in total. The molecule has 17 heavy (non-hydrogen) atoms. The molecule has 1 aliphatic rings. The van der Waals surface area contributed by atoms with Gasteiger partial charge in [0.15, 0.2) is 0 Å². The summed E-state index contributed by atoms with van der Waals surface area (Å²) in [6, 6.07) is 0. The van der Waals surface area contributed by atoms with Crippen molar-refractivity contribution >= 4 is 5.91 Å². The van der Waals surface area contributed by atoms with Gasteiger partial charge in [0.2, 0.25) is 5.91 Å². The Morgan fingerprint density at radius 3 is 3.00 bits per heavy atom. The van der Waals surface area contributed by atoms with Crippen LogP contribution in [0.4, 0.5) is 0 Å². The second-order valence-electron chi connectivity index (χ2n) is 4.33. The molecule has 1 heterocycles. The van der Waals surface area contributed by atoms with Gasteiger partial charge in [-0.1, -0.05) is 6.92 Å². The van der Waals surface area contributed by atoms with Gasteiger partial charge in [-0.15, -0.1) is 0 Å². The Balaban J connectivity index is 2.12. The Kier molecular flexibility index (Phi) is 7.16. The van der Waals surface area contributed by atoms with Crippen molar-refractivity contribution in [2.24, 2.45) is 0 Å². The summed E-state index contributed by atoms with van der Waals surface area (Å²) in [4.78, 5) is 13.5. The number of ether oxygens (including phenoxy) is 2. The minimum absolute atomic E-state index is 0.120. The molecule has 100 valence electrons. The molecular formula is C12H24N2O3. The van der Waals surface area contributed by atoms with E-state index in [1.807, 2.05) is 7.05 Å². The van der Waals surface area contributed by atoms with Gasteiger partial charge in [-0.2, -0.15) is 0 Å². The fourth-order valence-corrected chi connectivity index (χ4v) is 1.74. The maximum Gasteiger partial charge on any atom is 0.224 e. The highest BCUT2D eigenvalue weighted by Crippen LogP contribution is 2.00. The maximum absolute atomic E-state index is 11.7. The van der Waals surface area contributed by atoms with Crippen molar-refractivity contribution in [1.29, 1.82) is 0 Å². The molecule has 1 aliphatic heterocycles. The summed E-state index contributed by atoms with van der Waals surface area (Å²) < 4.78 is 10.9. The first kappa shape index (κ1) is 14.4. The van der Waals surface area contributed by atoms with Crippen molar-refractivity contribution in [2.75, 3.05) is 46.5 Å². The van der Waals surface area contributed by atoms with Crippen LogP contribution in [0.3, 0.4) is 0 Å². The normalized spacial score (nSPS) is 20.2. The van der Waals surface area contributed by atoms with Gasteiger partial charge in [0.1, 0.15) is 0 Å². The highest BCUT2D eigenvalue weighted by atomic mass is 16.5. The van der Waals surface area contributed by atoms with Crippen LogP contribution in [0.2, 0.25) is 0 Å². The molecule has 0 aromatic rings. The van der Waals surface area contributed by atoms with E-state index in [0.717, 1.165) is 32.7 Å². The van der Waals surface area contributed by atoms with Crippen LogP contribution in [0.15, 0.2) is 0 Å². The van der Waals surface area contributed by atoms with Gasteiger partial charge in [-0.25, -0.2) is 0 Å². The lowest BCUT2D eigenvalue weighted by molar-refractivity contribution is -0.133. The van der Waals surface area contributed by atoms with Gasteiger partial charge < -0.3 is 19.7 Å². The number of hydrogen-bond donors (Lipinski definition) is 1. The van der Waals surface area contributed by atoms with Crippen LogP contribution in [0.25, 0.3) is 0 Å². The zero-order chi connectivity index (χ0) is 12.5. The van der Waals surface area contributed by atoms with Gasteiger partial charge in [-0.3, -0.25) is 4.79 Å². The van der Waals surface area contributed by atoms with Gasteiger partial charge in [-0.05, 0) is 6.42 Å². The molecule has 1 saturated heterocycles. The van der Waals surface area contributed by atoms with Crippen molar-refractivity contribution in [3.05, 3.63) is 0 Å². The molecular weight excluding hydrogens is 220 g/mol. The van der Waals surface area contributed by atoms with Crippen LogP contribution in [-0.2, 0) is 14.3 Å². The van der Waals surface area contributed by atoms with E-state index in [1.54, 1.807) is 4.90 Å². The van der Waals surface area contributed by atoms with Crippen LogP contribution in [0.5, 0.6) is 0 Å². The number of rotatable bonds is 7. The van der Waals surface area contributed by atoms with Crippen LogP contribution in [0.1, 0.15) is 19.8 Å². The molecule has 0 spiro atoms. The average Bonchev–Trinajstić information content (AvgIpc) is 2.35. The van der Waals surface area contributed by atoms with E-state index >= 15 is 0 Å². The maximum atomic E-state index is 11.7. The molecule has 0 aromatic carbocycles. The topological polar surface area (TPSA) is 50.8 Å². The van der Waals surface area contributed by atoms with Crippen LogP contribution in [0, 0.1) is 0 Å². The first-order valence-electron chi connectivity index (χ1n) is 6.38. The molecule has 1 amide bonds. The van der Waals surface area contributed by atoms with Gasteiger partial charge in [0.05, 0.1) is 25.7 Å². The number of nitrogens with zero attached hydrogens (tertiary/aromatic N) is 1. The summed E-state index contributed by atoms with van der Waals surface area (Å²) in [7, 11) is 1.82. The number of likely N-dealkylation sites (N-methyl/N-ethyl adjacent to an activating group) is 1. The van der Waals surface area contributed by atoms with Crippen molar-refractivity contribution in [2.45, 2.75) is 25.9 Å². The van der Waals surface area contributed by atoms with Crippen molar-refractivity contribution < 1.29 is 14.3 Å². The Labute approximate surface area is 103 Å². The van der Waals surface area contributed by atoms with E-state index in [9.17, 15) is 4.79 Å². The third-order valence-corrected chi connectivity index (χ3v) is 2.72. The molecule has 1 rings (SSSR count). The number of nitrogens with one attached hydrogen (secondary N) is 1. The molecule has 5 heteroatoms. The Hall–Kier alpha value is -0.650. The third kappa shape index (κ3) is 6.00. The molecule has 5 nitrogen and oxygen atoms in total. The Morgan fingerprint density at radius 1 is 1.53 bits per heavy atom. The monoisotopic (exact) mass is 244 g/mol. The van der Waals surface area contributed by atoms with Crippen molar-refractivity contribution in [3.63, 3.8) is 0 Å². The van der Waals surface area contributed by atoms with Gasteiger partial charge in [0, 0.05) is 33.3 Å². The van der Waals surface area contributed by atoms with E-state index < -0.39 is 0 Å². The fraction of sp³-hybridized carbons (Fsp3) is 0.917. The van der Waals surface area contributed by atoms with E-state index in [1.165, 1.54) is 0 Å². The summed E-state index contributed by atoms with van der Waals surface area (Å²) in [6.07, 6.45) is 1.57. The largest absolute Gasteiger partial charge is 0.381 e. The number of amides is 1. The summed E-state index contributed by atoms with van der Waals surface area (Å²) >= 11 is 0. The minimum atomic E-state index is 0.120. The molecule has 1 atom stereocenters. The lowest BCUT2D eigenvalue weighted by atomic mass is 10.2. The Morgan fingerprint density at radius 2 is 2.35 bits per heavy atom. The van der Waals surface area contributed by atoms with Crippen LogP contribution in [-0.4, -0.2) is 63.4 Å². The second kappa shape index (κ2) is 8.44.